The number of nitrogens with one attached hydrogen (secondary N) is 1. The molecule has 2 unspecified atom stereocenters. The van der Waals surface area contributed by atoms with E-state index in [9.17, 15) is 0 Å². The Morgan fingerprint density at radius 3 is 2.63 bits per heavy atom. The number of anilines is 1. The van der Waals surface area contributed by atoms with Crippen LogP contribution in [0.3, 0.4) is 0 Å². The van der Waals surface area contributed by atoms with Crippen LogP contribution < -0.4 is 10.2 Å². The standard InChI is InChI=1S/C28H33N7O2S/c1-18-4-3-5-20(12-18)23-6-7-35(32-23)28-30-25-19(2)24(15-33-13-21-16-37-17-22(14-33)29-21)38-26(25)27(31-28)34-8-10-36-11-9-34/h3-7,12,21-22,29H,8-11,13-17H2,1-2H3. The predicted octanol–water partition coefficient (Wildman–Crippen LogP) is 3.17. The molecule has 1 N–H and O–H groups in total. The first-order valence-corrected chi connectivity index (χ1v) is 14.2. The number of fused-ring (bicyclic) bond motifs is 3. The predicted molar refractivity (Wildman–Crippen MR) is 149 cm³/mol. The van der Waals surface area contributed by atoms with E-state index in [4.69, 9.17) is 24.5 Å². The van der Waals surface area contributed by atoms with Gasteiger partial charge in [-0.1, -0.05) is 23.8 Å². The van der Waals surface area contributed by atoms with Crippen molar-refractivity contribution in [1.29, 1.82) is 0 Å². The molecule has 0 aliphatic carbocycles. The molecule has 3 saturated heterocycles. The van der Waals surface area contributed by atoms with Crippen molar-refractivity contribution < 1.29 is 9.47 Å². The summed E-state index contributed by atoms with van der Waals surface area (Å²) in [6.45, 7) is 11.9. The Morgan fingerprint density at radius 2 is 1.84 bits per heavy atom. The summed E-state index contributed by atoms with van der Waals surface area (Å²) in [6, 6.07) is 11.3. The van der Waals surface area contributed by atoms with E-state index < -0.39 is 0 Å². The number of benzene rings is 1. The Hall–Kier alpha value is -2.89. The minimum Gasteiger partial charge on any atom is -0.378 e. The maximum Gasteiger partial charge on any atom is 0.253 e. The van der Waals surface area contributed by atoms with Gasteiger partial charge in [0, 0.05) is 61.4 Å². The molecule has 3 aliphatic rings. The second kappa shape index (κ2) is 10.0. The molecule has 0 spiro atoms. The fourth-order valence-electron chi connectivity index (χ4n) is 5.77. The fourth-order valence-corrected chi connectivity index (χ4v) is 7.07. The smallest absolute Gasteiger partial charge is 0.253 e. The van der Waals surface area contributed by atoms with Gasteiger partial charge in [0.25, 0.3) is 5.95 Å². The van der Waals surface area contributed by atoms with Gasteiger partial charge in [0.05, 0.1) is 42.3 Å². The monoisotopic (exact) mass is 531 g/mol. The Bertz CT molecular complexity index is 1450. The largest absolute Gasteiger partial charge is 0.378 e. The van der Waals surface area contributed by atoms with Gasteiger partial charge in [-0.25, -0.2) is 9.67 Å². The summed E-state index contributed by atoms with van der Waals surface area (Å²) >= 11 is 1.84. The van der Waals surface area contributed by atoms with Gasteiger partial charge >= 0.3 is 0 Å². The molecule has 3 aliphatic heterocycles. The Kier molecular flexibility index (Phi) is 6.37. The molecule has 2 atom stereocenters. The van der Waals surface area contributed by atoms with Gasteiger partial charge in [0.1, 0.15) is 0 Å². The molecule has 1 aromatic carbocycles. The lowest BCUT2D eigenvalue weighted by molar-refractivity contribution is -0.00848. The molecule has 9 nitrogen and oxygen atoms in total. The summed E-state index contributed by atoms with van der Waals surface area (Å²) in [5.74, 6) is 1.60. The molecule has 10 heteroatoms. The van der Waals surface area contributed by atoms with E-state index in [1.807, 2.05) is 28.3 Å². The quantitative estimate of drug-likeness (QED) is 0.421. The summed E-state index contributed by atoms with van der Waals surface area (Å²) in [7, 11) is 0. The van der Waals surface area contributed by atoms with E-state index >= 15 is 0 Å². The summed E-state index contributed by atoms with van der Waals surface area (Å²) < 4.78 is 14.4. The maximum atomic E-state index is 5.75. The molecular formula is C28H33N7O2S. The van der Waals surface area contributed by atoms with Crippen LogP contribution in [0.2, 0.25) is 0 Å². The lowest BCUT2D eigenvalue weighted by Gasteiger charge is -2.42. The van der Waals surface area contributed by atoms with E-state index in [-0.39, 0.29) is 0 Å². The van der Waals surface area contributed by atoms with E-state index in [0.717, 1.165) is 73.2 Å². The first kappa shape index (κ1) is 24.2. The third-order valence-corrected chi connectivity index (χ3v) is 8.95. The number of morpholine rings is 2. The highest BCUT2D eigenvalue weighted by Gasteiger charge is 2.31. The Balaban J connectivity index is 1.26. The average molecular weight is 532 g/mol. The molecule has 6 heterocycles. The van der Waals surface area contributed by atoms with Gasteiger partial charge in [-0.15, -0.1) is 11.3 Å². The molecule has 198 valence electrons. The minimum atomic E-state index is 0.412. The van der Waals surface area contributed by atoms with Crippen LogP contribution in [-0.4, -0.2) is 89.3 Å². The SMILES string of the molecule is Cc1cccc(-c2ccn(-c3nc(N4CCOCC4)c4sc(CN5CC6COCC(C5)N6)c(C)c4n3)n2)c1. The number of hydrogen-bond donors (Lipinski definition) is 1. The van der Waals surface area contributed by atoms with Crippen molar-refractivity contribution in [3.8, 4) is 17.2 Å². The van der Waals surface area contributed by atoms with Gasteiger partial charge in [-0.3, -0.25) is 4.90 Å². The van der Waals surface area contributed by atoms with Crippen LogP contribution in [-0.2, 0) is 16.0 Å². The van der Waals surface area contributed by atoms with Crippen LogP contribution in [0.5, 0.6) is 0 Å². The van der Waals surface area contributed by atoms with Crippen LogP contribution in [0.4, 0.5) is 5.82 Å². The summed E-state index contributed by atoms with van der Waals surface area (Å²) in [4.78, 5) is 16.5. The summed E-state index contributed by atoms with van der Waals surface area (Å²) in [5.41, 5.74) is 5.50. The minimum absolute atomic E-state index is 0.412. The lowest BCUT2D eigenvalue weighted by atomic mass is 10.1. The number of aromatic nitrogens is 4. The zero-order valence-electron chi connectivity index (χ0n) is 21.9. The fraction of sp³-hybridized carbons (Fsp3) is 0.464. The first-order chi connectivity index (χ1) is 18.6. The molecule has 3 fully saturated rings. The molecular weight excluding hydrogens is 498 g/mol. The highest BCUT2D eigenvalue weighted by molar-refractivity contribution is 7.19. The lowest BCUT2D eigenvalue weighted by Crippen LogP contribution is -2.62. The summed E-state index contributed by atoms with van der Waals surface area (Å²) in [6.07, 6.45) is 1.96. The number of piperazine rings is 1. The van der Waals surface area contributed by atoms with E-state index in [1.165, 1.54) is 16.0 Å². The molecule has 0 amide bonds. The third-order valence-electron chi connectivity index (χ3n) is 7.69. The Morgan fingerprint density at radius 1 is 1.03 bits per heavy atom. The zero-order valence-corrected chi connectivity index (χ0v) is 22.7. The highest BCUT2D eigenvalue weighted by Crippen LogP contribution is 2.37. The van der Waals surface area contributed by atoms with E-state index in [0.29, 0.717) is 31.2 Å². The number of nitrogens with zero attached hydrogens (tertiary/aromatic N) is 6. The van der Waals surface area contributed by atoms with Crippen molar-refractivity contribution >= 4 is 27.4 Å². The van der Waals surface area contributed by atoms with Gasteiger partial charge in [0.2, 0.25) is 0 Å². The molecule has 2 bridgehead atoms. The van der Waals surface area contributed by atoms with Gasteiger partial charge in [-0.05, 0) is 31.5 Å². The zero-order chi connectivity index (χ0) is 25.6. The number of thiophene rings is 1. The second-order valence-electron chi connectivity index (χ2n) is 10.6. The highest BCUT2D eigenvalue weighted by atomic mass is 32.1. The van der Waals surface area contributed by atoms with Crippen LogP contribution in [0.1, 0.15) is 16.0 Å². The van der Waals surface area contributed by atoms with Crippen molar-refractivity contribution in [1.82, 2.24) is 30.0 Å². The van der Waals surface area contributed by atoms with E-state index in [1.54, 1.807) is 0 Å². The normalized spacial score (nSPS) is 22.3. The number of hydrogen-bond acceptors (Lipinski definition) is 9. The van der Waals surface area contributed by atoms with Crippen molar-refractivity contribution in [3.05, 3.63) is 52.5 Å². The molecule has 3 aromatic heterocycles. The molecule has 4 aromatic rings. The van der Waals surface area contributed by atoms with Crippen LogP contribution in [0.15, 0.2) is 36.5 Å². The van der Waals surface area contributed by atoms with E-state index in [2.05, 4.69) is 53.2 Å². The average Bonchev–Trinajstić information content (AvgIpc) is 3.54. The van der Waals surface area contributed by atoms with Crippen molar-refractivity contribution in [2.24, 2.45) is 0 Å². The van der Waals surface area contributed by atoms with Crippen molar-refractivity contribution in [2.45, 2.75) is 32.5 Å². The maximum absolute atomic E-state index is 5.75. The molecule has 0 radical (unpaired) electrons. The van der Waals surface area contributed by atoms with Crippen molar-refractivity contribution in [2.75, 3.05) is 57.5 Å². The van der Waals surface area contributed by atoms with Gasteiger partial charge in [0.15, 0.2) is 5.82 Å². The van der Waals surface area contributed by atoms with Crippen LogP contribution in [0.25, 0.3) is 27.4 Å². The third kappa shape index (κ3) is 4.60. The molecule has 7 rings (SSSR count). The number of rotatable bonds is 5. The van der Waals surface area contributed by atoms with Crippen molar-refractivity contribution in [3.63, 3.8) is 0 Å². The summed E-state index contributed by atoms with van der Waals surface area (Å²) in [5, 5.41) is 8.56. The van der Waals surface area contributed by atoms with Crippen LogP contribution in [0, 0.1) is 13.8 Å². The first-order valence-electron chi connectivity index (χ1n) is 13.4. The number of ether oxygens (including phenoxy) is 2. The Labute approximate surface area is 226 Å². The number of aryl methyl sites for hydroxylation is 2. The molecule has 0 saturated carbocycles. The topological polar surface area (TPSA) is 80.6 Å². The van der Waals surface area contributed by atoms with Crippen LogP contribution >= 0.6 is 11.3 Å². The van der Waals surface area contributed by atoms with Gasteiger partial charge in [-0.2, -0.15) is 10.1 Å². The molecule has 38 heavy (non-hydrogen) atoms. The second-order valence-corrected chi connectivity index (χ2v) is 11.7. The van der Waals surface area contributed by atoms with Gasteiger partial charge < -0.3 is 19.7 Å².